The fourth-order valence-electron chi connectivity index (χ4n) is 5.08. The van der Waals surface area contributed by atoms with Gasteiger partial charge in [-0.2, -0.15) is 0 Å². The predicted octanol–water partition coefficient (Wildman–Crippen LogP) is 5.62. The Hall–Kier alpha value is -3.67. The van der Waals surface area contributed by atoms with E-state index in [1.807, 2.05) is 66.7 Å². The molecule has 0 aliphatic heterocycles. The number of rotatable bonds is 11. The lowest BCUT2D eigenvalue weighted by Crippen LogP contribution is -2.49. The second-order valence-electron chi connectivity index (χ2n) is 11.1. The molecule has 0 bridgehead atoms. The van der Waals surface area contributed by atoms with Crippen LogP contribution in [-0.2, 0) is 17.8 Å². The van der Waals surface area contributed by atoms with Crippen LogP contribution < -0.4 is 15.4 Å². The molecule has 0 unspecified atom stereocenters. The predicted molar refractivity (Wildman–Crippen MR) is 158 cm³/mol. The number of hydrogen-bond acceptors (Lipinski definition) is 4. The van der Waals surface area contributed by atoms with E-state index in [2.05, 4.69) is 55.7 Å². The number of amides is 1. The van der Waals surface area contributed by atoms with Crippen LogP contribution in [0.4, 0.5) is 0 Å². The van der Waals surface area contributed by atoms with Crippen LogP contribution in [-0.4, -0.2) is 36.8 Å². The Morgan fingerprint density at radius 3 is 2.49 bits per heavy atom. The molecule has 3 aromatic carbocycles. The molecule has 0 saturated carbocycles. The highest BCUT2D eigenvalue weighted by Gasteiger charge is 2.29. The molecule has 4 rings (SSSR count). The van der Waals surface area contributed by atoms with E-state index in [-0.39, 0.29) is 11.3 Å². The zero-order valence-corrected chi connectivity index (χ0v) is 23.4. The van der Waals surface area contributed by atoms with Crippen LogP contribution in [0, 0.1) is 12.3 Å². The summed E-state index contributed by atoms with van der Waals surface area (Å²) in [5, 5.41) is 17.7. The van der Waals surface area contributed by atoms with Crippen LogP contribution in [0.1, 0.15) is 42.5 Å². The number of carbonyl (C=O) groups excluding carboxylic acids is 1. The van der Waals surface area contributed by atoms with Gasteiger partial charge in [0.2, 0.25) is 5.91 Å². The maximum absolute atomic E-state index is 13.6. The second-order valence-corrected chi connectivity index (χ2v) is 11.1. The SMILES string of the molecule is COc1cccc(CNC[C@@H](O)[C@H](Cc2ccccc2)NC(=O)C2=CC(c3cccc(C)c3)=CC(C)(C)C2)c1. The van der Waals surface area contributed by atoms with E-state index < -0.39 is 12.1 Å². The third-order valence-corrected chi connectivity index (χ3v) is 7.06. The third-order valence-electron chi connectivity index (χ3n) is 7.06. The molecule has 0 heterocycles. The average molecular weight is 525 g/mol. The van der Waals surface area contributed by atoms with Gasteiger partial charge in [0.25, 0.3) is 0 Å². The van der Waals surface area contributed by atoms with Gasteiger partial charge in [0.1, 0.15) is 5.75 Å². The first-order valence-electron chi connectivity index (χ1n) is 13.6. The van der Waals surface area contributed by atoms with Gasteiger partial charge in [0.15, 0.2) is 0 Å². The first-order valence-corrected chi connectivity index (χ1v) is 13.6. The van der Waals surface area contributed by atoms with Crippen LogP contribution in [0.3, 0.4) is 0 Å². The highest BCUT2D eigenvalue weighted by atomic mass is 16.5. The number of aliphatic hydroxyl groups is 1. The Kier molecular flexibility index (Phi) is 9.39. The van der Waals surface area contributed by atoms with Crippen molar-refractivity contribution in [3.63, 3.8) is 0 Å². The van der Waals surface area contributed by atoms with Crippen LogP contribution >= 0.6 is 0 Å². The molecule has 0 spiro atoms. The Balaban J connectivity index is 1.49. The second kappa shape index (κ2) is 12.9. The quantitative estimate of drug-likeness (QED) is 0.304. The molecule has 0 aromatic heterocycles. The number of hydrogen-bond donors (Lipinski definition) is 3. The van der Waals surface area contributed by atoms with Crippen molar-refractivity contribution in [2.45, 2.75) is 52.3 Å². The van der Waals surface area contributed by atoms with E-state index in [4.69, 9.17) is 4.74 Å². The topological polar surface area (TPSA) is 70.6 Å². The van der Waals surface area contributed by atoms with E-state index in [1.54, 1.807) is 7.11 Å². The highest BCUT2D eigenvalue weighted by Crippen LogP contribution is 2.37. The standard InChI is InChI=1S/C34H40N2O3/c1-24-10-8-14-27(16-24)28-19-29(21-34(2,3)20-28)33(38)36-31(18-25-11-6-5-7-12-25)32(37)23-35-22-26-13-9-15-30(17-26)39-4/h5-17,19-20,31-32,35,37H,18,21-23H2,1-4H3,(H,36,38)/t31-,32+/m0/s1. The van der Waals surface area contributed by atoms with Crippen molar-refractivity contribution < 1.29 is 14.6 Å². The molecule has 5 nitrogen and oxygen atoms in total. The Bertz CT molecular complexity index is 1330. The number of benzene rings is 3. The molecule has 0 saturated heterocycles. The fraction of sp³-hybridized carbons (Fsp3) is 0.324. The number of nitrogens with one attached hydrogen (secondary N) is 2. The number of aryl methyl sites for hydroxylation is 1. The van der Waals surface area contributed by atoms with Gasteiger partial charge < -0.3 is 20.5 Å². The maximum Gasteiger partial charge on any atom is 0.247 e. The van der Waals surface area contributed by atoms with Gasteiger partial charge >= 0.3 is 0 Å². The molecule has 1 aliphatic carbocycles. The zero-order valence-electron chi connectivity index (χ0n) is 23.4. The summed E-state index contributed by atoms with van der Waals surface area (Å²) < 4.78 is 5.31. The minimum atomic E-state index is -0.774. The third kappa shape index (κ3) is 8.16. The van der Waals surface area contributed by atoms with Gasteiger partial charge in [-0.05, 0) is 65.7 Å². The molecular formula is C34H40N2O3. The summed E-state index contributed by atoms with van der Waals surface area (Å²) in [7, 11) is 1.65. The van der Waals surface area contributed by atoms with Crippen molar-refractivity contribution in [1.82, 2.24) is 10.6 Å². The summed E-state index contributed by atoms with van der Waals surface area (Å²) in [4.78, 5) is 13.6. The number of methoxy groups -OCH3 is 1. The van der Waals surface area contributed by atoms with Crippen LogP contribution in [0.5, 0.6) is 5.75 Å². The highest BCUT2D eigenvalue weighted by molar-refractivity contribution is 5.98. The minimum absolute atomic E-state index is 0.130. The molecule has 204 valence electrons. The molecule has 3 N–H and O–H groups in total. The largest absolute Gasteiger partial charge is 0.497 e. The van der Waals surface area contributed by atoms with Crippen molar-refractivity contribution in [1.29, 1.82) is 0 Å². The maximum atomic E-state index is 13.6. The molecule has 5 heteroatoms. The monoisotopic (exact) mass is 524 g/mol. The van der Waals surface area contributed by atoms with E-state index in [1.165, 1.54) is 5.56 Å². The van der Waals surface area contributed by atoms with Crippen LogP contribution in [0.2, 0.25) is 0 Å². The fourth-order valence-corrected chi connectivity index (χ4v) is 5.08. The van der Waals surface area contributed by atoms with Crippen LogP contribution in [0.25, 0.3) is 5.57 Å². The summed E-state index contributed by atoms with van der Waals surface area (Å²) >= 11 is 0. The Morgan fingerprint density at radius 1 is 1.00 bits per heavy atom. The lowest BCUT2D eigenvalue weighted by Gasteiger charge is -2.30. The first kappa shape index (κ1) is 28.3. The van der Waals surface area contributed by atoms with Gasteiger partial charge in [0.05, 0.1) is 19.3 Å². The molecule has 3 aromatic rings. The number of allylic oxidation sites excluding steroid dienone is 3. The van der Waals surface area contributed by atoms with Crippen LogP contribution in [0.15, 0.2) is 96.6 Å². The van der Waals surface area contributed by atoms with Crippen molar-refractivity contribution in [2.75, 3.05) is 13.7 Å². The molecule has 1 aliphatic rings. The van der Waals surface area contributed by atoms with E-state index >= 15 is 0 Å². The molecule has 0 fully saturated rings. The zero-order chi connectivity index (χ0) is 27.8. The number of aliphatic hydroxyl groups excluding tert-OH is 1. The Labute approximate surface area is 232 Å². The van der Waals surface area contributed by atoms with Gasteiger partial charge in [0, 0.05) is 18.7 Å². The minimum Gasteiger partial charge on any atom is -0.497 e. The van der Waals surface area contributed by atoms with E-state index in [0.29, 0.717) is 25.9 Å². The molecule has 0 radical (unpaired) electrons. The van der Waals surface area contributed by atoms with Gasteiger partial charge in [-0.1, -0.05) is 92.2 Å². The molecule has 2 atom stereocenters. The summed E-state index contributed by atoms with van der Waals surface area (Å²) in [6.45, 7) is 7.31. The molecule has 1 amide bonds. The smallest absolute Gasteiger partial charge is 0.247 e. The summed E-state index contributed by atoms with van der Waals surface area (Å²) in [6, 6.07) is 25.7. The summed E-state index contributed by atoms with van der Waals surface area (Å²) in [6.07, 6.45) is 4.64. The first-order chi connectivity index (χ1) is 18.7. The Morgan fingerprint density at radius 2 is 1.74 bits per heavy atom. The van der Waals surface area contributed by atoms with Crippen molar-refractivity contribution >= 4 is 11.5 Å². The normalized spacial score (nSPS) is 16.0. The average Bonchev–Trinajstić information content (AvgIpc) is 2.92. The summed E-state index contributed by atoms with van der Waals surface area (Å²) in [5.41, 5.74) is 6.04. The van der Waals surface area contributed by atoms with Gasteiger partial charge in [-0.15, -0.1) is 0 Å². The van der Waals surface area contributed by atoms with Crippen molar-refractivity contribution in [2.24, 2.45) is 5.41 Å². The van der Waals surface area contributed by atoms with Gasteiger partial charge in [-0.3, -0.25) is 4.79 Å². The summed E-state index contributed by atoms with van der Waals surface area (Å²) in [5.74, 6) is 0.668. The number of carbonyl (C=O) groups is 1. The molecule has 39 heavy (non-hydrogen) atoms. The lowest BCUT2D eigenvalue weighted by molar-refractivity contribution is -0.119. The van der Waals surface area contributed by atoms with E-state index in [0.717, 1.165) is 33.6 Å². The van der Waals surface area contributed by atoms with E-state index in [9.17, 15) is 9.90 Å². The van der Waals surface area contributed by atoms with Crippen molar-refractivity contribution in [3.8, 4) is 5.75 Å². The van der Waals surface area contributed by atoms with Gasteiger partial charge in [-0.25, -0.2) is 0 Å². The number of ether oxygens (including phenoxy) is 1. The molecular weight excluding hydrogens is 484 g/mol. The lowest BCUT2D eigenvalue weighted by atomic mass is 9.77. The van der Waals surface area contributed by atoms with Crippen molar-refractivity contribution in [3.05, 3.63) is 119 Å².